The van der Waals surface area contributed by atoms with Gasteiger partial charge in [0.15, 0.2) is 0 Å². The summed E-state index contributed by atoms with van der Waals surface area (Å²) < 4.78 is 5.53. The highest BCUT2D eigenvalue weighted by atomic mass is 16.5. The van der Waals surface area contributed by atoms with E-state index in [1.165, 1.54) is 0 Å². The fraction of sp³-hybridized carbons (Fsp3) is 0.800. The summed E-state index contributed by atoms with van der Waals surface area (Å²) in [7, 11) is 0. The minimum absolute atomic E-state index is 0.289. The summed E-state index contributed by atoms with van der Waals surface area (Å²) in [6, 6.07) is 0.289. The Morgan fingerprint density at radius 1 is 1.50 bits per heavy atom. The van der Waals surface area contributed by atoms with Crippen molar-refractivity contribution in [3.63, 3.8) is 0 Å². The quantitative estimate of drug-likeness (QED) is 0.719. The number of hydrogen-bond donors (Lipinski definition) is 0. The third kappa shape index (κ3) is 3.58. The Labute approximate surface area is 110 Å². The largest absolute Gasteiger partial charge is 0.377 e. The molecule has 1 fully saturated rings. The topological polar surface area (TPSA) is 29.5 Å². The van der Waals surface area contributed by atoms with Crippen molar-refractivity contribution in [3.8, 4) is 0 Å². The predicted octanol–water partition coefficient (Wildman–Crippen LogP) is 2.62. The molecule has 0 saturated carbocycles. The molecule has 0 aromatic carbocycles. The molecule has 2 aliphatic rings. The van der Waals surface area contributed by atoms with E-state index in [4.69, 9.17) is 4.74 Å². The van der Waals surface area contributed by atoms with Gasteiger partial charge in [0.05, 0.1) is 19.3 Å². The predicted molar refractivity (Wildman–Crippen MR) is 72.3 cm³/mol. The molecule has 1 aliphatic carbocycles. The van der Waals surface area contributed by atoms with Gasteiger partial charge in [-0.05, 0) is 31.1 Å². The van der Waals surface area contributed by atoms with E-state index in [2.05, 4.69) is 30.9 Å². The zero-order valence-electron chi connectivity index (χ0n) is 11.6. The van der Waals surface area contributed by atoms with Crippen molar-refractivity contribution in [2.75, 3.05) is 19.8 Å². The van der Waals surface area contributed by atoms with Gasteiger partial charge in [-0.3, -0.25) is 4.79 Å². The Morgan fingerprint density at radius 3 is 3.00 bits per heavy atom. The normalized spacial score (nSPS) is 28.1. The maximum absolute atomic E-state index is 12.4. The molecule has 0 radical (unpaired) electrons. The van der Waals surface area contributed by atoms with Crippen LogP contribution in [0, 0.1) is 11.8 Å². The maximum atomic E-state index is 12.4. The van der Waals surface area contributed by atoms with Gasteiger partial charge in [0.2, 0.25) is 5.91 Å². The molecule has 1 saturated heterocycles. The number of rotatable bonds is 4. The molecule has 102 valence electrons. The van der Waals surface area contributed by atoms with Crippen LogP contribution >= 0.6 is 0 Å². The minimum Gasteiger partial charge on any atom is -0.377 e. The van der Waals surface area contributed by atoms with Crippen LogP contribution in [0.15, 0.2) is 12.2 Å². The fourth-order valence-electron chi connectivity index (χ4n) is 2.93. The lowest BCUT2D eigenvalue weighted by atomic mass is 9.99. The van der Waals surface area contributed by atoms with E-state index in [0.29, 0.717) is 37.4 Å². The van der Waals surface area contributed by atoms with Gasteiger partial charge in [0, 0.05) is 13.0 Å². The molecule has 1 amide bonds. The molecule has 18 heavy (non-hydrogen) atoms. The lowest BCUT2D eigenvalue weighted by Crippen LogP contribution is -2.49. The third-order valence-electron chi connectivity index (χ3n) is 3.84. The van der Waals surface area contributed by atoms with Crippen LogP contribution in [0.3, 0.4) is 0 Å². The zero-order chi connectivity index (χ0) is 13.0. The van der Waals surface area contributed by atoms with Crippen molar-refractivity contribution in [2.24, 2.45) is 11.8 Å². The molecule has 1 heterocycles. The molecule has 0 aromatic heterocycles. The summed E-state index contributed by atoms with van der Waals surface area (Å²) in [5.74, 6) is 1.40. The Bertz CT molecular complexity index is 312. The lowest BCUT2D eigenvalue weighted by Gasteiger charge is -2.37. The number of ether oxygens (including phenoxy) is 1. The summed E-state index contributed by atoms with van der Waals surface area (Å²) in [6.45, 7) is 6.59. The SMILES string of the molecule is CC(C)C[C@@H]1COCCN1C(=O)C[C@H]1C=CCC1. The van der Waals surface area contributed by atoms with E-state index in [1.54, 1.807) is 0 Å². The van der Waals surface area contributed by atoms with Crippen molar-refractivity contribution in [1.82, 2.24) is 4.90 Å². The number of hydrogen-bond acceptors (Lipinski definition) is 2. The van der Waals surface area contributed by atoms with Crippen molar-refractivity contribution >= 4 is 5.91 Å². The molecular weight excluding hydrogens is 226 g/mol. The van der Waals surface area contributed by atoms with Crippen LogP contribution in [0.5, 0.6) is 0 Å². The molecule has 2 rings (SSSR count). The van der Waals surface area contributed by atoms with Crippen LogP contribution < -0.4 is 0 Å². The molecule has 0 aromatic rings. The van der Waals surface area contributed by atoms with Crippen LogP contribution in [0.4, 0.5) is 0 Å². The molecule has 3 nitrogen and oxygen atoms in total. The molecule has 3 heteroatoms. The van der Waals surface area contributed by atoms with Gasteiger partial charge in [-0.2, -0.15) is 0 Å². The molecular formula is C15H25NO2. The van der Waals surface area contributed by atoms with Gasteiger partial charge < -0.3 is 9.64 Å². The van der Waals surface area contributed by atoms with Crippen LogP contribution in [-0.4, -0.2) is 36.6 Å². The molecule has 2 atom stereocenters. The Morgan fingerprint density at radius 2 is 2.33 bits per heavy atom. The molecule has 1 aliphatic heterocycles. The highest BCUT2D eigenvalue weighted by Gasteiger charge is 2.28. The summed E-state index contributed by atoms with van der Waals surface area (Å²) in [6.07, 6.45) is 8.41. The highest BCUT2D eigenvalue weighted by molar-refractivity contribution is 5.77. The van der Waals surface area contributed by atoms with E-state index in [0.717, 1.165) is 25.8 Å². The highest BCUT2D eigenvalue weighted by Crippen LogP contribution is 2.23. The number of amides is 1. The first-order chi connectivity index (χ1) is 8.66. The number of morpholine rings is 1. The number of carbonyl (C=O) groups excluding carboxylic acids is 1. The second-order valence-electron chi connectivity index (χ2n) is 5.92. The van der Waals surface area contributed by atoms with Crippen LogP contribution in [0.25, 0.3) is 0 Å². The molecule has 0 N–H and O–H groups in total. The third-order valence-corrected chi connectivity index (χ3v) is 3.84. The Hall–Kier alpha value is -0.830. The first kappa shape index (κ1) is 13.6. The summed E-state index contributed by atoms with van der Waals surface area (Å²) in [4.78, 5) is 14.4. The number of allylic oxidation sites excluding steroid dienone is 2. The van der Waals surface area contributed by atoms with Gasteiger partial charge >= 0.3 is 0 Å². The summed E-state index contributed by atoms with van der Waals surface area (Å²) in [5.41, 5.74) is 0. The standard InChI is InChI=1S/C15H25NO2/c1-12(2)9-14-11-18-8-7-16(14)15(17)10-13-5-3-4-6-13/h3,5,12-14H,4,6-11H2,1-2H3/t13-,14+/m0/s1. The Kier molecular flexibility index (Phi) is 4.81. The monoisotopic (exact) mass is 251 g/mol. The van der Waals surface area contributed by atoms with Gasteiger partial charge in [0.1, 0.15) is 0 Å². The van der Waals surface area contributed by atoms with Crippen molar-refractivity contribution in [2.45, 2.75) is 45.6 Å². The average molecular weight is 251 g/mol. The van der Waals surface area contributed by atoms with E-state index >= 15 is 0 Å². The average Bonchev–Trinajstić information content (AvgIpc) is 2.81. The fourth-order valence-corrected chi connectivity index (χ4v) is 2.93. The molecule has 0 bridgehead atoms. The van der Waals surface area contributed by atoms with Crippen molar-refractivity contribution in [1.29, 1.82) is 0 Å². The summed E-state index contributed by atoms with van der Waals surface area (Å²) in [5, 5.41) is 0. The van der Waals surface area contributed by atoms with Crippen LogP contribution in [0.1, 0.15) is 39.5 Å². The molecule has 0 spiro atoms. The van der Waals surface area contributed by atoms with E-state index in [-0.39, 0.29) is 6.04 Å². The molecule has 0 unspecified atom stereocenters. The first-order valence-electron chi connectivity index (χ1n) is 7.20. The lowest BCUT2D eigenvalue weighted by molar-refractivity contribution is -0.141. The van der Waals surface area contributed by atoms with Gasteiger partial charge in [-0.25, -0.2) is 0 Å². The zero-order valence-corrected chi connectivity index (χ0v) is 11.6. The van der Waals surface area contributed by atoms with Crippen molar-refractivity contribution in [3.05, 3.63) is 12.2 Å². The minimum atomic E-state index is 0.289. The summed E-state index contributed by atoms with van der Waals surface area (Å²) >= 11 is 0. The van der Waals surface area contributed by atoms with Crippen LogP contribution in [-0.2, 0) is 9.53 Å². The second-order valence-corrected chi connectivity index (χ2v) is 5.92. The van der Waals surface area contributed by atoms with E-state index < -0.39 is 0 Å². The first-order valence-corrected chi connectivity index (χ1v) is 7.20. The van der Waals surface area contributed by atoms with Gasteiger partial charge in [0.25, 0.3) is 0 Å². The van der Waals surface area contributed by atoms with Gasteiger partial charge in [-0.15, -0.1) is 0 Å². The maximum Gasteiger partial charge on any atom is 0.223 e. The van der Waals surface area contributed by atoms with Crippen molar-refractivity contribution < 1.29 is 9.53 Å². The number of nitrogens with zero attached hydrogens (tertiary/aromatic N) is 1. The Balaban J connectivity index is 1.90. The number of carbonyl (C=O) groups is 1. The van der Waals surface area contributed by atoms with Crippen LogP contribution in [0.2, 0.25) is 0 Å². The van der Waals surface area contributed by atoms with E-state index in [1.807, 2.05) is 0 Å². The van der Waals surface area contributed by atoms with E-state index in [9.17, 15) is 4.79 Å². The second kappa shape index (κ2) is 6.37. The van der Waals surface area contributed by atoms with Gasteiger partial charge in [-0.1, -0.05) is 26.0 Å². The smallest absolute Gasteiger partial charge is 0.223 e.